The highest BCUT2D eigenvalue weighted by molar-refractivity contribution is 7.96. The van der Waals surface area contributed by atoms with Gasteiger partial charge in [-0.15, -0.1) is 0 Å². The molecule has 0 aliphatic carbocycles. The highest BCUT2D eigenvalue weighted by Gasteiger charge is 2.25. The van der Waals surface area contributed by atoms with Crippen LogP contribution in [0.1, 0.15) is 20.8 Å². The van der Waals surface area contributed by atoms with E-state index in [0.29, 0.717) is 5.57 Å². The lowest BCUT2D eigenvalue weighted by Crippen LogP contribution is -2.47. The minimum Gasteiger partial charge on any atom is -0.346 e. The van der Waals surface area contributed by atoms with E-state index in [0.717, 1.165) is 6.26 Å². The molecule has 0 radical (unpaired) electrons. The summed E-state index contributed by atoms with van der Waals surface area (Å²) in [4.78, 5) is 11.4. The first-order valence-corrected chi connectivity index (χ1v) is 7.75. The maximum absolute atomic E-state index is 11.4. The smallest absolute Gasteiger partial charge is 0.277 e. The molecule has 0 spiro atoms. The lowest BCUT2D eigenvalue weighted by molar-refractivity contribution is -0.118. The number of nitrogens with one attached hydrogen (secondary N) is 1. The van der Waals surface area contributed by atoms with Gasteiger partial charge in [0.15, 0.2) is 11.1 Å². The van der Waals surface area contributed by atoms with E-state index in [1.807, 2.05) is 0 Å². The van der Waals surface area contributed by atoms with Crippen LogP contribution in [0.4, 0.5) is 0 Å². The molecule has 1 N–H and O–H groups in total. The van der Waals surface area contributed by atoms with E-state index in [2.05, 4.69) is 15.5 Å². The van der Waals surface area contributed by atoms with Crippen molar-refractivity contribution in [1.29, 1.82) is 0 Å². The molecule has 0 heterocycles. The maximum Gasteiger partial charge on any atom is 0.277 e. The van der Waals surface area contributed by atoms with E-state index in [4.69, 9.17) is 0 Å². The molecule has 0 aliphatic heterocycles. The van der Waals surface area contributed by atoms with Crippen molar-refractivity contribution in [1.82, 2.24) is 5.32 Å². The minimum absolute atomic E-state index is 0.140. The summed E-state index contributed by atoms with van der Waals surface area (Å²) in [5.74, 6) is -0.523. The van der Waals surface area contributed by atoms with Gasteiger partial charge in [0, 0.05) is 11.1 Å². The summed E-state index contributed by atoms with van der Waals surface area (Å²) < 4.78 is 37.1. The van der Waals surface area contributed by atoms with Crippen LogP contribution in [0.5, 0.6) is 0 Å². The fourth-order valence-corrected chi connectivity index (χ4v) is 2.86. The second kappa shape index (κ2) is 5.74. The molecule has 0 aromatic carbocycles. The summed E-state index contributed by atoms with van der Waals surface area (Å²) in [5, 5.41) is 2.57. The molecule has 0 rings (SSSR count). The standard InChI is InChI=1S/C9H17NO5S2/c1-7(2)8(11)10-9(3,4)6-16(12)15-17(5,13)14/h1,6H2,2-5H3,(H,10,11). The summed E-state index contributed by atoms with van der Waals surface area (Å²) >= 11 is -2.02. The normalized spacial score (nSPS) is 14.1. The van der Waals surface area contributed by atoms with Gasteiger partial charge in [-0.1, -0.05) is 6.58 Å². The molecule has 8 heteroatoms. The van der Waals surface area contributed by atoms with E-state index in [1.54, 1.807) is 13.8 Å². The molecule has 1 amide bonds. The SMILES string of the molecule is C=C(C)C(=O)NC(C)(C)CS(=O)OS(C)(=O)=O. The Bertz CT molecular complexity index is 438. The number of hydrogen-bond acceptors (Lipinski definition) is 5. The number of carbonyl (C=O) groups is 1. The van der Waals surface area contributed by atoms with Gasteiger partial charge in [0.25, 0.3) is 10.1 Å². The molecule has 0 bridgehead atoms. The average Bonchev–Trinajstić information content (AvgIpc) is 1.96. The molecule has 0 fully saturated rings. The summed E-state index contributed by atoms with van der Waals surface area (Å²) in [6, 6.07) is 0. The average molecular weight is 283 g/mol. The lowest BCUT2D eigenvalue weighted by Gasteiger charge is -2.25. The number of carbonyl (C=O) groups excluding carboxylic acids is 1. The number of hydrogen-bond donors (Lipinski definition) is 1. The second-order valence-corrected chi connectivity index (χ2v) is 7.19. The van der Waals surface area contributed by atoms with E-state index < -0.39 is 26.7 Å². The summed E-state index contributed by atoms with van der Waals surface area (Å²) in [6.45, 7) is 8.22. The van der Waals surface area contributed by atoms with Crippen molar-refractivity contribution in [3.63, 3.8) is 0 Å². The predicted octanol–water partition coefficient (Wildman–Crippen LogP) is 0.0972. The van der Waals surface area contributed by atoms with Crippen LogP contribution in [-0.4, -0.2) is 36.1 Å². The Labute approximate surface area is 104 Å². The molecule has 6 nitrogen and oxygen atoms in total. The second-order valence-electron chi connectivity index (χ2n) is 4.34. The van der Waals surface area contributed by atoms with Crippen LogP contribution >= 0.6 is 0 Å². The fourth-order valence-electron chi connectivity index (χ4n) is 0.907. The van der Waals surface area contributed by atoms with Gasteiger partial charge in [-0.05, 0) is 20.8 Å². The van der Waals surface area contributed by atoms with Gasteiger partial charge in [-0.25, -0.2) is 4.21 Å². The quantitative estimate of drug-likeness (QED) is 0.698. The highest BCUT2D eigenvalue weighted by Crippen LogP contribution is 2.08. The van der Waals surface area contributed by atoms with Crippen molar-refractivity contribution in [3.8, 4) is 0 Å². The highest BCUT2D eigenvalue weighted by atomic mass is 32.3. The molecule has 1 atom stereocenters. The van der Waals surface area contributed by atoms with Crippen molar-refractivity contribution in [3.05, 3.63) is 12.2 Å². The van der Waals surface area contributed by atoms with Crippen molar-refractivity contribution in [2.24, 2.45) is 0 Å². The molecule has 0 aromatic rings. The van der Waals surface area contributed by atoms with Crippen LogP contribution in [-0.2, 0) is 29.6 Å². The van der Waals surface area contributed by atoms with Gasteiger partial charge < -0.3 is 5.32 Å². The first-order chi connectivity index (χ1) is 7.43. The van der Waals surface area contributed by atoms with Gasteiger partial charge in [-0.2, -0.15) is 12.0 Å². The number of rotatable bonds is 6. The van der Waals surface area contributed by atoms with Gasteiger partial charge in [0.1, 0.15) is 0 Å². The largest absolute Gasteiger partial charge is 0.346 e. The summed E-state index contributed by atoms with van der Waals surface area (Å²) in [7, 11) is -3.77. The van der Waals surface area contributed by atoms with Gasteiger partial charge in [0.2, 0.25) is 5.91 Å². The summed E-state index contributed by atoms with van der Waals surface area (Å²) in [6.07, 6.45) is 0.810. The number of amides is 1. The molecule has 1 unspecified atom stereocenters. The zero-order valence-corrected chi connectivity index (χ0v) is 11.9. The third-order valence-corrected chi connectivity index (χ3v) is 4.07. The van der Waals surface area contributed by atoms with Crippen LogP contribution in [0.3, 0.4) is 0 Å². The molecule has 0 saturated carbocycles. The van der Waals surface area contributed by atoms with Gasteiger partial charge in [0.05, 0.1) is 12.0 Å². The molecule has 17 heavy (non-hydrogen) atoms. The van der Waals surface area contributed by atoms with Crippen molar-refractivity contribution >= 4 is 27.1 Å². The summed E-state index contributed by atoms with van der Waals surface area (Å²) in [5.41, 5.74) is -0.543. The molecular formula is C9H17NO5S2. The van der Waals surface area contributed by atoms with Crippen LogP contribution in [0, 0.1) is 0 Å². The first kappa shape index (κ1) is 16.3. The minimum atomic E-state index is -3.77. The molecule has 0 saturated heterocycles. The lowest BCUT2D eigenvalue weighted by atomic mass is 10.1. The van der Waals surface area contributed by atoms with Crippen molar-refractivity contribution in [2.45, 2.75) is 26.3 Å². The van der Waals surface area contributed by atoms with Crippen LogP contribution < -0.4 is 5.32 Å². The Balaban J connectivity index is 4.50. The zero-order valence-electron chi connectivity index (χ0n) is 10.3. The Morgan fingerprint density at radius 2 is 1.94 bits per heavy atom. The molecule has 0 aromatic heterocycles. The Hall–Kier alpha value is -0.730. The zero-order chi connectivity index (χ0) is 13.9. The van der Waals surface area contributed by atoms with Crippen molar-refractivity contribution < 1.29 is 21.1 Å². The first-order valence-electron chi connectivity index (χ1n) is 4.69. The van der Waals surface area contributed by atoms with E-state index in [9.17, 15) is 17.4 Å². The maximum atomic E-state index is 11.4. The third kappa shape index (κ3) is 8.06. The topological polar surface area (TPSA) is 89.5 Å². The van der Waals surface area contributed by atoms with E-state index in [1.165, 1.54) is 6.92 Å². The van der Waals surface area contributed by atoms with Gasteiger partial charge in [-0.3, -0.25) is 4.79 Å². The van der Waals surface area contributed by atoms with E-state index in [-0.39, 0.29) is 11.7 Å². The molecule has 100 valence electrons. The van der Waals surface area contributed by atoms with E-state index >= 15 is 0 Å². The molecular weight excluding hydrogens is 266 g/mol. The van der Waals surface area contributed by atoms with Crippen LogP contribution in [0.2, 0.25) is 0 Å². The Morgan fingerprint density at radius 1 is 1.47 bits per heavy atom. The van der Waals surface area contributed by atoms with Crippen LogP contribution in [0.15, 0.2) is 12.2 Å². The fraction of sp³-hybridized carbons (Fsp3) is 0.667. The Morgan fingerprint density at radius 3 is 2.29 bits per heavy atom. The monoisotopic (exact) mass is 283 g/mol. The van der Waals surface area contributed by atoms with Crippen molar-refractivity contribution in [2.75, 3.05) is 12.0 Å². The van der Waals surface area contributed by atoms with Gasteiger partial charge >= 0.3 is 0 Å². The Kier molecular flexibility index (Phi) is 5.50. The third-order valence-electron chi connectivity index (χ3n) is 1.52. The van der Waals surface area contributed by atoms with Crippen LogP contribution in [0.25, 0.3) is 0 Å². The predicted molar refractivity (Wildman–Crippen MR) is 66.0 cm³/mol. The molecule has 0 aliphatic rings.